The van der Waals surface area contributed by atoms with Gasteiger partial charge in [0.15, 0.2) is 0 Å². The van der Waals surface area contributed by atoms with Crippen LogP contribution < -0.4 is 5.32 Å². The van der Waals surface area contributed by atoms with Crippen LogP contribution in [-0.2, 0) is 20.9 Å². The summed E-state index contributed by atoms with van der Waals surface area (Å²) < 4.78 is 4.43. The predicted molar refractivity (Wildman–Crippen MR) is 72.5 cm³/mol. The highest BCUT2D eigenvalue weighted by Crippen LogP contribution is 2.06. The third-order valence-corrected chi connectivity index (χ3v) is 2.87. The number of benzene rings is 1. The number of aliphatic hydroxyl groups excluding tert-OH is 1. The standard InChI is InChI=1S/C14H17NO6/c1-21-12(17)7-6-11(14(19)20)15-13(18)10-4-2-9(8-16)3-5-10/h2-5,11,16H,6-8H2,1H3,(H,15,18)(H,19,20)/t11-/m0/s1. The second-order valence-corrected chi connectivity index (χ2v) is 4.33. The lowest BCUT2D eigenvalue weighted by atomic mass is 10.1. The fraction of sp³-hybridized carbons (Fsp3) is 0.357. The van der Waals surface area contributed by atoms with Gasteiger partial charge in [0.1, 0.15) is 6.04 Å². The van der Waals surface area contributed by atoms with Crippen LogP contribution in [0, 0.1) is 0 Å². The SMILES string of the molecule is COC(=O)CC[C@H](NC(=O)c1ccc(CO)cc1)C(=O)O. The highest BCUT2D eigenvalue weighted by molar-refractivity contribution is 5.96. The quantitative estimate of drug-likeness (QED) is 0.624. The topological polar surface area (TPSA) is 113 Å². The lowest BCUT2D eigenvalue weighted by Gasteiger charge is -2.14. The van der Waals surface area contributed by atoms with Gasteiger partial charge in [-0.15, -0.1) is 0 Å². The summed E-state index contributed by atoms with van der Waals surface area (Å²) in [6.45, 7) is -0.140. The van der Waals surface area contributed by atoms with E-state index in [2.05, 4.69) is 10.1 Å². The van der Waals surface area contributed by atoms with Gasteiger partial charge in [-0.2, -0.15) is 0 Å². The number of aliphatic carboxylic acids is 1. The van der Waals surface area contributed by atoms with Gasteiger partial charge in [-0.1, -0.05) is 12.1 Å². The number of esters is 1. The second kappa shape index (κ2) is 8.01. The van der Waals surface area contributed by atoms with E-state index in [1.165, 1.54) is 19.2 Å². The third kappa shape index (κ3) is 5.23. The average Bonchev–Trinajstić information content (AvgIpc) is 2.50. The largest absolute Gasteiger partial charge is 0.480 e. The molecule has 0 aliphatic rings. The lowest BCUT2D eigenvalue weighted by molar-refractivity contribution is -0.142. The number of hydrogen-bond acceptors (Lipinski definition) is 5. The van der Waals surface area contributed by atoms with Gasteiger partial charge < -0.3 is 20.3 Å². The molecule has 3 N–H and O–H groups in total. The molecule has 0 saturated carbocycles. The number of carboxylic acid groups (broad SMARTS) is 1. The summed E-state index contributed by atoms with van der Waals surface area (Å²) in [4.78, 5) is 34.0. The Morgan fingerprint density at radius 1 is 1.24 bits per heavy atom. The summed E-state index contributed by atoms with van der Waals surface area (Å²) in [5.74, 6) is -2.32. The number of methoxy groups -OCH3 is 1. The number of ether oxygens (including phenoxy) is 1. The maximum atomic E-state index is 11.9. The summed E-state index contributed by atoms with van der Waals surface area (Å²) in [6, 6.07) is 4.94. The minimum atomic E-state index is -1.22. The van der Waals surface area contributed by atoms with Gasteiger partial charge in [0.05, 0.1) is 13.7 Å². The van der Waals surface area contributed by atoms with Crippen molar-refractivity contribution in [1.82, 2.24) is 5.32 Å². The van der Waals surface area contributed by atoms with Gasteiger partial charge in [0.25, 0.3) is 5.91 Å². The first kappa shape index (κ1) is 16.6. The van der Waals surface area contributed by atoms with E-state index in [1.54, 1.807) is 12.1 Å². The van der Waals surface area contributed by atoms with Gasteiger partial charge in [-0.3, -0.25) is 9.59 Å². The number of amides is 1. The molecule has 1 amide bonds. The lowest BCUT2D eigenvalue weighted by Crippen LogP contribution is -2.41. The summed E-state index contributed by atoms with van der Waals surface area (Å²) >= 11 is 0. The number of carboxylic acids is 1. The van der Waals surface area contributed by atoms with E-state index >= 15 is 0 Å². The van der Waals surface area contributed by atoms with Gasteiger partial charge in [0, 0.05) is 12.0 Å². The molecule has 0 saturated heterocycles. The smallest absolute Gasteiger partial charge is 0.326 e. The normalized spacial score (nSPS) is 11.5. The van der Waals surface area contributed by atoms with E-state index in [-0.39, 0.29) is 25.0 Å². The van der Waals surface area contributed by atoms with Crippen molar-refractivity contribution in [3.8, 4) is 0 Å². The molecule has 21 heavy (non-hydrogen) atoms. The molecule has 1 aromatic carbocycles. The Morgan fingerprint density at radius 2 is 1.86 bits per heavy atom. The van der Waals surface area contributed by atoms with Crippen molar-refractivity contribution in [3.63, 3.8) is 0 Å². The Kier molecular flexibility index (Phi) is 6.35. The molecule has 1 atom stereocenters. The Morgan fingerprint density at radius 3 is 2.33 bits per heavy atom. The Hall–Kier alpha value is -2.41. The molecule has 7 heteroatoms. The van der Waals surface area contributed by atoms with Gasteiger partial charge >= 0.3 is 11.9 Å². The number of aliphatic hydroxyl groups is 1. The van der Waals surface area contributed by atoms with Crippen LogP contribution in [0.3, 0.4) is 0 Å². The zero-order valence-electron chi connectivity index (χ0n) is 11.5. The molecule has 0 aliphatic heterocycles. The maximum absolute atomic E-state index is 11.9. The molecule has 0 aromatic heterocycles. The van der Waals surface area contributed by atoms with Crippen molar-refractivity contribution in [2.24, 2.45) is 0 Å². The number of carbonyl (C=O) groups is 3. The van der Waals surface area contributed by atoms with Gasteiger partial charge in [0.2, 0.25) is 0 Å². The molecule has 1 rings (SSSR count). The molecule has 114 valence electrons. The maximum Gasteiger partial charge on any atom is 0.326 e. The average molecular weight is 295 g/mol. The minimum Gasteiger partial charge on any atom is -0.480 e. The van der Waals surface area contributed by atoms with Crippen LogP contribution in [0.15, 0.2) is 24.3 Å². The van der Waals surface area contributed by atoms with Crippen LogP contribution in [0.4, 0.5) is 0 Å². The van der Waals surface area contributed by atoms with Crippen LogP contribution in [0.25, 0.3) is 0 Å². The monoisotopic (exact) mass is 295 g/mol. The van der Waals surface area contributed by atoms with E-state index < -0.39 is 23.9 Å². The van der Waals surface area contributed by atoms with Gasteiger partial charge in [-0.05, 0) is 24.1 Å². The molecule has 1 aromatic rings. The molecule has 0 unspecified atom stereocenters. The van der Waals surface area contributed by atoms with E-state index in [0.717, 1.165) is 0 Å². The number of hydrogen-bond donors (Lipinski definition) is 3. The minimum absolute atomic E-state index is 0.0531. The third-order valence-electron chi connectivity index (χ3n) is 2.87. The molecule has 0 bridgehead atoms. The molecule has 0 fully saturated rings. The van der Waals surface area contributed by atoms with Crippen molar-refractivity contribution in [3.05, 3.63) is 35.4 Å². The van der Waals surface area contributed by atoms with Crippen LogP contribution in [-0.4, -0.2) is 41.2 Å². The molecule has 7 nitrogen and oxygen atoms in total. The summed E-state index contributed by atoms with van der Waals surface area (Å²) in [7, 11) is 1.21. The number of rotatable bonds is 7. The Bertz CT molecular complexity index is 511. The molecule has 0 heterocycles. The van der Waals surface area contributed by atoms with Crippen LogP contribution in [0.1, 0.15) is 28.8 Å². The van der Waals surface area contributed by atoms with Crippen LogP contribution in [0.5, 0.6) is 0 Å². The summed E-state index contributed by atoms with van der Waals surface area (Å²) in [5, 5.41) is 20.3. The van der Waals surface area contributed by atoms with Crippen molar-refractivity contribution in [1.29, 1.82) is 0 Å². The van der Waals surface area contributed by atoms with Crippen molar-refractivity contribution in [2.45, 2.75) is 25.5 Å². The zero-order valence-corrected chi connectivity index (χ0v) is 11.5. The van der Waals surface area contributed by atoms with Crippen LogP contribution >= 0.6 is 0 Å². The Balaban J connectivity index is 2.66. The first-order valence-corrected chi connectivity index (χ1v) is 6.28. The fourth-order valence-electron chi connectivity index (χ4n) is 1.62. The van der Waals surface area contributed by atoms with E-state index in [1.807, 2.05) is 0 Å². The molecule has 0 spiro atoms. The predicted octanol–water partition coefficient (Wildman–Crippen LogP) is 0.315. The highest BCUT2D eigenvalue weighted by Gasteiger charge is 2.21. The fourth-order valence-corrected chi connectivity index (χ4v) is 1.62. The highest BCUT2D eigenvalue weighted by atomic mass is 16.5. The molecule has 0 radical (unpaired) electrons. The van der Waals surface area contributed by atoms with E-state index in [0.29, 0.717) is 5.56 Å². The van der Waals surface area contributed by atoms with E-state index in [4.69, 9.17) is 10.2 Å². The summed E-state index contributed by atoms with van der Waals surface area (Å²) in [6.07, 6.45) is -0.153. The summed E-state index contributed by atoms with van der Waals surface area (Å²) in [5.41, 5.74) is 0.920. The van der Waals surface area contributed by atoms with Crippen molar-refractivity contribution < 1.29 is 29.3 Å². The molecular formula is C14H17NO6. The zero-order chi connectivity index (χ0) is 15.8. The first-order chi connectivity index (χ1) is 9.97. The number of nitrogens with one attached hydrogen (secondary N) is 1. The Labute approximate surface area is 121 Å². The molecule has 0 aliphatic carbocycles. The van der Waals surface area contributed by atoms with Crippen LogP contribution in [0.2, 0.25) is 0 Å². The second-order valence-electron chi connectivity index (χ2n) is 4.33. The van der Waals surface area contributed by atoms with Gasteiger partial charge in [-0.25, -0.2) is 4.79 Å². The number of carbonyl (C=O) groups excluding carboxylic acids is 2. The first-order valence-electron chi connectivity index (χ1n) is 6.28. The van der Waals surface area contributed by atoms with Crippen molar-refractivity contribution >= 4 is 17.8 Å². The van der Waals surface area contributed by atoms with Crippen molar-refractivity contribution in [2.75, 3.05) is 7.11 Å². The van der Waals surface area contributed by atoms with E-state index in [9.17, 15) is 14.4 Å². The molecular weight excluding hydrogens is 278 g/mol.